The van der Waals surface area contributed by atoms with E-state index in [1.54, 1.807) is 0 Å². The quantitative estimate of drug-likeness (QED) is 0.134. The Labute approximate surface area is 313 Å². The van der Waals surface area contributed by atoms with Crippen molar-refractivity contribution in [3.05, 3.63) is 224 Å². The maximum Gasteiger partial charge on any atom is -0.00206 e. The van der Waals surface area contributed by atoms with Gasteiger partial charge in [-0.2, -0.15) is 0 Å². The van der Waals surface area contributed by atoms with Gasteiger partial charge in [-0.1, -0.05) is 219 Å². The fourth-order valence-corrected chi connectivity index (χ4v) is 7.59. The number of hydrogen-bond donors (Lipinski definition) is 0. The van der Waals surface area contributed by atoms with Crippen molar-refractivity contribution in [1.82, 2.24) is 0 Å². The van der Waals surface area contributed by atoms with Crippen LogP contribution in [0.15, 0.2) is 219 Å². The van der Waals surface area contributed by atoms with Gasteiger partial charge in [-0.05, 0) is 95.9 Å². The van der Waals surface area contributed by atoms with Crippen molar-refractivity contribution < 1.29 is 0 Å². The second-order valence-corrected chi connectivity index (χ2v) is 13.3. The second kappa shape index (κ2) is 15.2. The van der Waals surface area contributed by atoms with Gasteiger partial charge in [0.25, 0.3) is 0 Å². The van der Waals surface area contributed by atoms with Gasteiger partial charge in [0.05, 0.1) is 0 Å². The first-order valence-electron chi connectivity index (χ1n) is 18.2. The van der Waals surface area contributed by atoms with Crippen LogP contribution in [0.5, 0.6) is 0 Å². The standard InChI is InChI=1S/C53H40/c1-3-19-38(2)46-34-35-47(39-20-9-4-10-21-39)52(50(46)42-26-15-7-16-27-42)44-30-32-45(33-31-44)53-49(41-24-13-6-14-25-41)37-36-48(40-22-11-5-12-23-40)51(53)43-28-17-8-18-29-43/h3-37H,1H2,2H3/b38-19+. The van der Waals surface area contributed by atoms with Crippen LogP contribution in [0.3, 0.4) is 0 Å². The first kappa shape index (κ1) is 33.4. The smallest absolute Gasteiger partial charge is 0.00206 e. The average molecular weight is 677 g/mol. The summed E-state index contributed by atoms with van der Waals surface area (Å²) in [5.74, 6) is 0. The number of hydrogen-bond acceptors (Lipinski definition) is 0. The third-order valence-electron chi connectivity index (χ3n) is 10.0. The van der Waals surface area contributed by atoms with Crippen LogP contribution in [0.2, 0.25) is 0 Å². The highest BCUT2D eigenvalue weighted by Gasteiger charge is 2.22. The summed E-state index contributed by atoms with van der Waals surface area (Å²) in [7, 11) is 0. The molecule has 0 saturated carbocycles. The minimum absolute atomic E-state index is 1.17. The summed E-state index contributed by atoms with van der Waals surface area (Å²) in [4.78, 5) is 0. The summed E-state index contributed by atoms with van der Waals surface area (Å²) in [6.45, 7) is 6.19. The Morgan fingerprint density at radius 1 is 0.321 bits per heavy atom. The predicted octanol–water partition coefficient (Wildman–Crippen LogP) is 14.9. The Hall–Kier alpha value is -6.76. The normalized spacial score (nSPS) is 11.3. The van der Waals surface area contributed by atoms with Gasteiger partial charge in [-0.15, -0.1) is 0 Å². The van der Waals surface area contributed by atoms with Crippen molar-refractivity contribution in [3.63, 3.8) is 0 Å². The number of allylic oxidation sites excluding steroid dienone is 3. The van der Waals surface area contributed by atoms with Crippen LogP contribution in [0.1, 0.15) is 12.5 Å². The van der Waals surface area contributed by atoms with Crippen molar-refractivity contribution in [2.24, 2.45) is 0 Å². The van der Waals surface area contributed by atoms with Crippen LogP contribution in [-0.2, 0) is 0 Å². The zero-order chi connectivity index (χ0) is 36.0. The van der Waals surface area contributed by atoms with Crippen LogP contribution < -0.4 is 0 Å². The topological polar surface area (TPSA) is 0 Å². The lowest BCUT2D eigenvalue weighted by Gasteiger charge is -2.22. The van der Waals surface area contributed by atoms with Gasteiger partial charge in [-0.25, -0.2) is 0 Å². The lowest BCUT2D eigenvalue weighted by molar-refractivity contribution is 1.50. The Morgan fingerprint density at radius 2 is 0.604 bits per heavy atom. The monoisotopic (exact) mass is 676 g/mol. The third kappa shape index (κ3) is 6.71. The summed E-state index contributed by atoms with van der Waals surface area (Å²) in [6, 6.07) is 72.3. The van der Waals surface area contributed by atoms with Gasteiger partial charge >= 0.3 is 0 Å². The lowest BCUT2D eigenvalue weighted by atomic mass is 9.81. The van der Waals surface area contributed by atoms with E-state index in [1.807, 2.05) is 6.08 Å². The minimum atomic E-state index is 1.17. The predicted molar refractivity (Wildman–Crippen MR) is 228 cm³/mol. The fourth-order valence-electron chi connectivity index (χ4n) is 7.59. The molecule has 0 saturated heterocycles. The molecule has 0 unspecified atom stereocenters. The molecule has 8 rings (SSSR count). The van der Waals surface area contributed by atoms with E-state index in [1.165, 1.54) is 89.0 Å². The van der Waals surface area contributed by atoms with Crippen LogP contribution in [0.4, 0.5) is 0 Å². The molecule has 0 heterocycles. The largest absolute Gasteiger partial charge is 0.0991 e. The summed E-state index contributed by atoms with van der Waals surface area (Å²) in [6.07, 6.45) is 3.98. The molecule has 0 spiro atoms. The zero-order valence-electron chi connectivity index (χ0n) is 29.9. The summed E-state index contributed by atoms with van der Waals surface area (Å²) in [5, 5.41) is 0. The molecule has 0 atom stereocenters. The SMILES string of the molecule is C=C/C=C(\C)c1ccc(-c2ccccc2)c(-c2ccc(-c3c(-c4ccccc4)ccc(-c4ccccc4)c3-c3ccccc3)cc2)c1-c1ccccc1. The molecule has 0 aliphatic carbocycles. The molecule has 252 valence electrons. The van der Waals surface area contributed by atoms with E-state index in [0.717, 1.165) is 0 Å². The molecule has 8 aromatic carbocycles. The van der Waals surface area contributed by atoms with Crippen molar-refractivity contribution in [1.29, 1.82) is 0 Å². The van der Waals surface area contributed by atoms with Crippen molar-refractivity contribution >= 4 is 5.57 Å². The van der Waals surface area contributed by atoms with Crippen molar-refractivity contribution in [2.75, 3.05) is 0 Å². The molecule has 0 aliphatic rings. The average Bonchev–Trinajstić information content (AvgIpc) is 3.24. The highest BCUT2D eigenvalue weighted by molar-refractivity contribution is 6.03. The molecule has 0 fully saturated rings. The molecule has 0 aromatic heterocycles. The van der Waals surface area contributed by atoms with Crippen LogP contribution in [0.25, 0.3) is 83.5 Å². The molecular formula is C53H40. The Kier molecular flexibility index (Phi) is 9.60. The van der Waals surface area contributed by atoms with Crippen molar-refractivity contribution in [3.8, 4) is 77.9 Å². The number of benzene rings is 8. The van der Waals surface area contributed by atoms with Gasteiger partial charge in [-0.3, -0.25) is 0 Å². The van der Waals surface area contributed by atoms with Gasteiger partial charge in [0, 0.05) is 0 Å². The van der Waals surface area contributed by atoms with E-state index in [0.29, 0.717) is 0 Å². The van der Waals surface area contributed by atoms with E-state index < -0.39 is 0 Å². The Balaban J connectivity index is 1.41. The summed E-state index contributed by atoms with van der Waals surface area (Å²) in [5.41, 5.74) is 19.2. The molecule has 0 nitrogen and oxygen atoms in total. The molecule has 53 heavy (non-hydrogen) atoms. The molecule has 0 aliphatic heterocycles. The third-order valence-corrected chi connectivity index (χ3v) is 10.0. The summed E-state index contributed by atoms with van der Waals surface area (Å²) >= 11 is 0. The highest BCUT2D eigenvalue weighted by Crippen LogP contribution is 2.48. The molecule has 0 bridgehead atoms. The first-order valence-corrected chi connectivity index (χ1v) is 18.2. The molecule has 0 N–H and O–H groups in total. The van der Waals surface area contributed by atoms with Crippen LogP contribution in [-0.4, -0.2) is 0 Å². The van der Waals surface area contributed by atoms with Crippen LogP contribution >= 0.6 is 0 Å². The zero-order valence-corrected chi connectivity index (χ0v) is 29.9. The Bertz CT molecular complexity index is 2510. The highest BCUT2D eigenvalue weighted by atomic mass is 14.2. The Morgan fingerprint density at radius 3 is 0.962 bits per heavy atom. The number of rotatable bonds is 9. The first-order chi connectivity index (χ1) is 26.2. The van der Waals surface area contributed by atoms with E-state index in [-0.39, 0.29) is 0 Å². The van der Waals surface area contributed by atoms with Gasteiger partial charge in [0.15, 0.2) is 0 Å². The summed E-state index contributed by atoms with van der Waals surface area (Å²) < 4.78 is 0. The van der Waals surface area contributed by atoms with E-state index in [4.69, 9.17) is 0 Å². The molecular weight excluding hydrogens is 637 g/mol. The van der Waals surface area contributed by atoms with Gasteiger partial charge in [0.1, 0.15) is 0 Å². The van der Waals surface area contributed by atoms with E-state index in [2.05, 4.69) is 220 Å². The maximum absolute atomic E-state index is 4.02. The van der Waals surface area contributed by atoms with Crippen LogP contribution in [0, 0.1) is 0 Å². The molecule has 0 radical (unpaired) electrons. The second-order valence-electron chi connectivity index (χ2n) is 13.3. The fraction of sp³-hybridized carbons (Fsp3) is 0.0189. The van der Waals surface area contributed by atoms with E-state index in [9.17, 15) is 0 Å². The van der Waals surface area contributed by atoms with Gasteiger partial charge in [0.2, 0.25) is 0 Å². The van der Waals surface area contributed by atoms with Crippen molar-refractivity contribution in [2.45, 2.75) is 6.92 Å². The van der Waals surface area contributed by atoms with E-state index >= 15 is 0 Å². The molecule has 0 amide bonds. The van der Waals surface area contributed by atoms with Gasteiger partial charge < -0.3 is 0 Å². The lowest BCUT2D eigenvalue weighted by Crippen LogP contribution is -1.97. The molecule has 8 aromatic rings. The maximum atomic E-state index is 4.02. The molecule has 0 heteroatoms. The minimum Gasteiger partial charge on any atom is -0.0991 e.